The normalized spacial score (nSPS) is 17.5. The first-order valence-electron chi connectivity index (χ1n) is 9.24. The van der Waals surface area contributed by atoms with Gasteiger partial charge in [0, 0.05) is 45.8 Å². The second-order valence-corrected chi connectivity index (χ2v) is 6.94. The highest BCUT2D eigenvalue weighted by molar-refractivity contribution is 5.85. The molecule has 1 fully saturated rings. The largest absolute Gasteiger partial charge is 0.352 e. The number of aryl methyl sites for hydroxylation is 1. The van der Waals surface area contributed by atoms with Crippen molar-refractivity contribution in [2.75, 3.05) is 37.6 Å². The van der Waals surface area contributed by atoms with Crippen molar-refractivity contribution in [3.05, 3.63) is 30.1 Å². The third kappa shape index (κ3) is 4.07. The SMILES string of the molecule is Cl.Cl.c1nc(N2CCN(Cc3cc4n(n3)CCCNC4)CC2)c2[nH]cnc2n1. The second kappa shape index (κ2) is 9.04. The first kappa shape index (κ1) is 20.8. The molecule has 0 bridgehead atoms. The van der Waals surface area contributed by atoms with Gasteiger partial charge in [0.05, 0.1) is 17.7 Å². The fourth-order valence-electron chi connectivity index (χ4n) is 3.84. The average molecular weight is 426 g/mol. The molecule has 2 aliphatic heterocycles. The zero-order valence-electron chi connectivity index (χ0n) is 15.5. The summed E-state index contributed by atoms with van der Waals surface area (Å²) in [5, 5.41) is 8.26. The van der Waals surface area contributed by atoms with Gasteiger partial charge < -0.3 is 15.2 Å². The molecule has 28 heavy (non-hydrogen) atoms. The molecule has 2 aliphatic rings. The minimum atomic E-state index is 0. The minimum Gasteiger partial charge on any atom is -0.352 e. The molecule has 5 rings (SSSR count). The molecular weight excluding hydrogens is 401 g/mol. The fraction of sp³-hybridized carbons (Fsp3) is 0.529. The molecule has 0 radical (unpaired) electrons. The van der Waals surface area contributed by atoms with Crippen LogP contribution in [0.15, 0.2) is 18.7 Å². The van der Waals surface area contributed by atoms with Crippen molar-refractivity contribution in [3.8, 4) is 0 Å². The van der Waals surface area contributed by atoms with Crippen molar-refractivity contribution in [2.24, 2.45) is 0 Å². The zero-order chi connectivity index (χ0) is 17.3. The lowest BCUT2D eigenvalue weighted by atomic mass is 10.2. The second-order valence-electron chi connectivity index (χ2n) is 6.94. The predicted molar refractivity (Wildman–Crippen MR) is 112 cm³/mol. The molecule has 2 N–H and O–H groups in total. The third-order valence-electron chi connectivity index (χ3n) is 5.20. The highest BCUT2D eigenvalue weighted by atomic mass is 35.5. The zero-order valence-corrected chi connectivity index (χ0v) is 17.2. The van der Waals surface area contributed by atoms with E-state index in [1.54, 1.807) is 12.7 Å². The van der Waals surface area contributed by atoms with Gasteiger partial charge in [-0.2, -0.15) is 5.10 Å². The lowest BCUT2D eigenvalue weighted by Gasteiger charge is -2.35. The van der Waals surface area contributed by atoms with Gasteiger partial charge in [-0.15, -0.1) is 24.8 Å². The van der Waals surface area contributed by atoms with Crippen LogP contribution < -0.4 is 10.2 Å². The Hall–Kier alpha value is -1.94. The number of hydrogen-bond donors (Lipinski definition) is 2. The van der Waals surface area contributed by atoms with Crippen molar-refractivity contribution in [1.29, 1.82) is 0 Å². The van der Waals surface area contributed by atoms with Crippen LogP contribution in [0.5, 0.6) is 0 Å². The summed E-state index contributed by atoms with van der Waals surface area (Å²) in [4.78, 5) is 20.8. The number of imidazole rings is 1. The van der Waals surface area contributed by atoms with Crippen LogP contribution in [0.4, 0.5) is 5.82 Å². The van der Waals surface area contributed by atoms with Crippen molar-refractivity contribution < 1.29 is 0 Å². The highest BCUT2D eigenvalue weighted by Crippen LogP contribution is 2.21. The number of piperazine rings is 1. The average Bonchev–Trinajstić information content (AvgIpc) is 3.24. The van der Waals surface area contributed by atoms with Crippen LogP contribution in [0.2, 0.25) is 0 Å². The van der Waals surface area contributed by atoms with Gasteiger partial charge >= 0.3 is 0 Å². The molecule has 0 aliphatic carbocycles. The monoisotopic (exact) mass is 425 g/mol. The Kier molecular flexibility index (Phi) is 6.71. The minimum absolute atomic E-state index is 0. The number of nitrogens with zero attached hydrogens (tertiary/aromatic N) is 7. The Balaban J connectivity index is 0.00000112. The summed E-state index contributed by atoms with van der Waals surface area (Å²) < 4.78 is 2.17. The van der Waals surface area contributed by atoms with E-state index in [9.17, 15) is 0 Å². The summed E-state index contributed by atoms with van der Waals surface area (Å²) in [6, 6.07) is 2.25. The summed E-state index contributed by atoms with van der Waals surface area (Å²) in [6.45, 7) is 7.82. The molecular formula is C17H25Cl2N9. The van der Waals surface area contributed by atoms with Gasteiger partial charge in [0.25, 0.3) is 0 Å². The molecule has 3 aromatic heterocycles. The van der Waals surface area contributed by atoms with Gasteiger partial charge in [0.2, 0.25) is 0 Å². The van der Waals surface area contributed by atoms with E-state index in [1.807, 2.05) is 0 Å². The molecule has 0 unspecified atom stereocenters. The molecule has 1 saturated heterocycles. The van der Waals surface area contributed by atoms with E-state index in [0.29, 0.717) is 0 Å². The molecule has 0 aromatic carbocycles. The topological polar surface area (TPSA) is 90.8 Å². The van der Waals surface area contributed by atoms with Crippen LogP contribution >= 0.6 is 24.8 Å². The van der Waals surface area contributed by atoms with Crippen LogP contribution in [0.25, 0.3) is 11.2 Å². The van der Waals surface area contributed by atoms with Gasteiger partial charge in [-0.05, 0) is 19.0 Å². The first-order valence-corrected chi connectivity index (χ1v) is 9.24. The molecule has 0 spiro atoms. The van der Waals surface area contributed by atoms with Crippen LogP contribution in [0, 0.1) is 0 Å². The quantitative estimate of drug-likeness (QED) is 0.651. The van der Waals surface area contributed by atoms with E-state index >= 15 is 0 Å². The number of halogens is 2. The Bertz CT molecular complexity index is 878. The number of nitrogens with one attached hydrogen (secondary N) is 2. The summed E-state index contributed by atoms with van der Waals surface area (Å²) in [7, 11) is 0. The maximum Gasteiger partial charge on any atom is 0.182 e. The molecule has 11 heteroatoms. The van der Waals surface area contributed by atoms with Crippen LogP contribution in [-0.2, 0) is 19.6 Å². The van der Waals surface area contributed by atoms with E-state index in [4.69, 9.17) is 5.10 Å². The Morgan fingerprint density at radius 3 is 2.71 bits per heavy atom. The molecule has 5 heterocycles. The molecule has 9 nitrogen and oxygen atoms in total. The van der Waals surface area contributed by atoms with Crippen molar-refractivity contribution in [1.82, 2.24) is 39.9 Å². The van der Waals surface area contributed by atoms with Crippen molar-refractivity contribution in [2.45, 2.75) is 26.1 Å². The number of fused-ring (bicyclic) bond motifs is 2. The molecule has 0 atom stereocenters. The van der Waals surface area contributed by atoms with Crippen LogP contribution in [0.3, 0.4) is 0 Å². The van der Waals surface area contributed by atoms with E-state index in [2.05, 4.69) is 45.8 Å². The molecule has 0 amide bonds. The smallest absolute Gasteiger partial charge is 0.182 e. The molecule has 152 valence electrons. The summed E-state index contributed by atoms with van der Waals surface area (Å²) in [6.07, 6.45) is 4.42. The number of anilines is 1. The third-order valence-corrected chi connectivity index (χ3v) is 5.20. The van der Waals surface area contributed by atoms with Gasteiger partial charge in [0.1, 0.15) is 11.8 Å². The number of hydrogen-bond acceptors (Lipinski definition) is 7. The van der Waals surface area contributed by atoms with E-state index in [1.165, 1.54) is 11.4 Å². The van der Waals surface area contributed by atoms with Crippen molar-refractivity contribution >= 4 is 41.8 Å². The van der Waals surface area contributed by atoms with Gasteiger partial charge in [-0.3, -0.25) is 9.58 Å². The number of rotatable bonds is 3. The Morgan fingerprint density at radius 2 is 1.86 bits per heavy atom. The highest BCUT2D eigenvalue weighted by Gasteiger charge is 2.22. The number of aromatic nitrogens is 6. The predicted octanol–water partition coefficient (Wildman–Crippen LogP) is 1.21. The fourth-order valence-corrected chi connectivity index (χ4v) is 3.84. The first-order chi connectivity index (χ1) is 12.9. The molecule has 0 saturated carbocycles. The van der Waals surface area contributed by atoms with Gasteiger partial charge in [0.15, 0.2) is 11.5 Å². The summed E-state index contributed by atoms with van der Waals surface area (Å²) in [5.74, 6) is 0.951. The van der Waals surface area contributed by atoms with Crippen molar-refractivity contribution in [3.63, 3.8) is 0 Å². The van der Waals surface area contributed by atoms with Crippen LogP contribution in [0.1, 0.15) is 17.8 Å². The lowest BCUT2D eigenvalue weighted by molar-refractivity contribution is 0.246. The summed E-state index contributed by atoms with van der Waals surface area (Å²) in [5.41, 5.74) is 4.13. The maximum absolute atomic E-state index is 4.80. The number of aromatic amines is 1. The number of H-pyrrole nitrogens is 1. The van der Waals surface area contributed by atoms with E-state index in [-0.39, 0.29) is 24.8 Å². The van der Waals surface area contributed by atoms with Gasteiger partial charge in [-0.25, -0.2) is 15.0 Å². The lowest BCUT2D eigenvalue weighted by Crippen LogP contribution is -2.46. The standard InChI is InChI=1S/C17H23N9.2ClH/c1-2-18-9-14-8-13(23-26(14)3-1)10-24-4-6-25(7-5-24)17-15-16(20-11-19-15)21-12-22-17;;/h8,11-12,18H,1-7,9-10H2,(H,19,20,21,22);2*1H. The van der Waals surface area contributed by atoms with Crippen LogP contribution in [-0.4, -0.2) is 67.3 Å². The Labute approximate surface area is 175 Å². The van der Waals surface area contributed by atoms with E-state index in [0.717, 1.165) is 75.8 Å². The van der Waals surface area contributed by atoms with E-state index < -0.39 is 0 Å². The summed E-state index contributed by atoms with van der Waals surface area (Å²) >= 11 is 0. The maximum atomic E-state index is 4.80. The Morgan fingerprint density at radius 1 is 1.00 bits per heavy atom. The molecule has 3 aromatic rings. The van der Waals surface area contributed by atoms with Gasteiger partial charge in [-0.1, -0.05) is 0 Å².